The fourth-order valence-corrected chi connectivity index (χ4v) is 8.59. The molecule has 0 aliphatic heterocycles. The predicted octanol–water partition coefficient (Wildman–Crippen LogP) is 19.1. The number of ether oxygens (including phenoxy) is 3. The molecular formula is C59H110O6. The van der Waals surface area contributed by atoms with Crippen LogP contribution in [0.25, 0.3) is 0 Å². The van der Waals surface area contributed by atoms with Gasteiger partial charge in [0, 0.05) is 19.3 Å². The zero-order valence-electron chi connectivity index (χ0n) is 43.8. The van der Waals surface area contributed by atoms with E-state index >= 15 is 0 Å². The molecule has 1 atom stereocenters. The van der Waals surface area contributed by atoms with Crippen LogP contribution < -0.4 is 0 Å². The van der Waals surface area contributed by atoms with Gasteiger partial charge in [0.2, 0.25) is 0 Å². The summed E-state index contributed by atoms with van der Waals surface area (Å²) in [5.41, 5.74) is 0. The number of hydrogen-bond acceptors (Lipinski definition) is 6. The maximum Gasteiger partial charge on any atom is 0.306 e. The molecule has 1 unspecified atom stereocenters. The van der Waals surface area contributed by atoms with Crippen molar-refractivity contribution in [3.8, 4) is 0 Å². The van der Waals surface area contributed by atoms with Crippen molar-refractivity contribution in [1.82, 2.24) is 0 Å². The molecule has 0 saturated heterocycles. The quantitative estimate of drug-likeness (QED) is 0.0262. The van der Waals surface area contributed by atoms with Crippen LogP contribution in [0.15, 0.2) is 24.3 Å². The average Bonchev–Trinajstić information content (AvgIpc) is 3.30. The summed E-state index contributed by atoms with van der Waals surface area (Å²) in [6, 6.07) is 0. The molecule has 0 bridgehead atoms. The van der Waals surface area contributed by atoms with Gasteiger partial charge in [-0.05, 0) is 51.4 Å². The average molecular weight is 916 g/mol. The Labute approximate surface area is 404 Å². The van der Waals surface area contributed by atoms with Crippen molar-refractivity contribution in [2.45, 2.75) is 322 Å². The van der Waals surface area contributed by atoms with Crippen LogP contribution in [-0.4, -0.2) is 37.2 Å². The van der Waals surface area contributed by atoms with Gasteiger partial charge in [0.15, 0.2) is 6.10 Å². The first-order valence-electron chi connectivity index (χ1n) is 28.8. The molecule has 0 aromatic carbocycles. The summed E-state index contributed by atoms with van der Waals surface area (Å²) in [7, 11) is 0. The maximum atomic E-state index is 12.8. The number of esters is 3. The third-order valence-electron chi connectivity index (χ3n) is 13.0. The molecule has 0 aliphatic rings. The van der Waals surface area contributed by atoms with E-state index in [1.54, 1.807) is 0 Å². The van der Waals surface area contributed by atoms with Crippen LogP contribution in [0, 0.1) is 0 Å². The molecule has 65 heavy (non-hydrogen) atoms. The second kappa shape index (κ2) is 54.5. The first-order valence-corrected chi connectivity index (χ1v) is 28.8. The van der Waals surface area contributed by atoms with Crippen molar-refractivity contribution >= 4 is 17.9 Å². The summed E-state index contributed by atoms with van der Waals surface area (Å²) in [5.74, 6) is -0.876. The van der Waals surface area contributed by atoms with Gasteiger partial charge < -0.3 is 14.2 Å². The minimum absolute atomic E-state index is 0.0725. The van der Waals surface area contributed by atoms with E-state index in [1.807, 2.05) is 0 Å². The van der Waals surface area contributed by atoms with Crippen LogP contribution in [0.4, 0.5) is 0 Å². The van der Waals surface area contributed by atoms with Crippen molar-refractivity contribution in [2.24, 2.45) is 0 Å². The molecule has 382 valence electrons. The van der Waals surface area contributed by atoms with Crippen LogP contribution in [0.1, 0.15) is 316 Å². The first-order chi connectivity index (χ1) is 32.0. The Bertz CT molecular complexity index is 1050. The fourth-order valence-electron chi connectivity index (χ4n) is 8.59. The minimum atomic E-state index is -0.772. The first kappa shape index (κ1) is 62.9. The van der Waals surface area contributed by atoms with Crippen LogP contribution in [0.5, 0.6) is 0 Å². The van der Waals surface area contributed by atoms with Gasteiger partial charge in [-0.15, -0.1) is 0 Å². The zero-order valence-corrected chi connectivity index (χ0v) is 43.8. The molecule has 0 fully saturated rings. The molecule has 0 aromatic rings. The molecule has 0 aliphatic carbocycles. The Hall–Kier alpha value is -2.11. The summed E-state index contributed by atoms with van der Waals surface area (Å²) in [6.45, 7) is 6.61. The molecule has 0 amide bonds. The van der Waals surface area contributed by atoms with Crippen molar-refractivity contribution in [2.75, 3.05) is 13.2 Å². The maximum absolute atomic E-state index is 12.8. The number of rotatable bonds is 53. The third-order valence-corrected chi connectivity index (χ3v) is 13.0. The highest BCUT2D eigenvalue weighted by atomic mass is 16.6. The van der Waals surface area contributed by atoms with Gasteiger partial charge in [-0.25, -0.2) is 0 Å². The Morgan fingerprint density at radius 2 is 0.554 bits per heavy atom. The van der Waals surface area contributed by atoms with Crippen molar-refractivity contribution < 1.29 is 28.6 Å². The number of carbonyl (C=O) groups excluding carboxylic acids is 3. The lowest BCUT2D eigenvalue weighted by atomic mass is 10.0. The van der Waals surface area contributed by atoms with E-state index < -0.39 is 6.10 Å². The largest absolute Gasteiger partial charge is 0.462 e. The van der Waals surface area contributed by atoms with Crippen LogP contribution in [-0.2, 0) is 28.6 Å². The Morgan fingerprint density at radius 1 is 0.308 bits per heavy atom. The lowest BCUT2D eigenvalue weighted by Gasteiger charge is -2.18. The summed E-state index contributed by atoms with van der Waals surface area (Å²) in [5, 5.41) is 0. The molecule has 0 radical (unpaired) electrons. The van der Waals surface area contributed by atoms with E-state index in [0.29, 0.717) is 19.3 Å². The number of unbranched alkanes of at least 4 members (excludes halogenated alkanes) is 38. The summed E-state index contributed by atoms with van der Waals surface area (Å²) in [4.78, 5) is 37.9. The van der Waals surface area contributed by atoms with Gasteiger partial charge in [-0.3, -0.25) is 14.4 Å². The SMILES string of the molecule is CCCCCC/C=C\C/C=C\CCCCCCCC(=O)OC(COC(=O)CCCCCCCCC)COC(=O)CCCCCCCCCCCCCCCCCCCCCCCCCC. The molecule has 0 rings (SSSR count). The van der Waals surface area contributed by atoms with Gasteiger partial charge >= 0.3 is 17.9 Å². The summed E-state index contributed by atoms with van der Waals surface area (Å²) < 4.78 is 16.8. The number of allylic oxidation sites excluding steroid dienone is 4. The third kappa shape index (κ3) is 52.7. The molecule has 0 spiro atoms. The monoisotopic (exact) mass is 915 g/mol. The molecule has 0 N–H and O–H groups in total. The van der Waals surface area contributed by atoms with Crippen LogP contribution >= 0.6 is 0 Å². The van der Waals surface area contributed by atoms with Gasteiger partial charge in [0.05, 0.1) is 0 Å². The molecule has 6 heteroatoms. The predicted molar refractivity (Wildman–Crippen MR) is 279 cm³/mol. The molecule has 0 aromatic heterocycles. The highest BCUT2D eigenvalue weighted by Gasteiger charge is 2.19. The van der Waals surface area contributed by atoms with E-state index in [9.17, 15) is 14.4 Å². The van der Waals surface area contributed by atoms with Crippen LogP contribution in [0.3, 0.4) is 0 Å². The van der Waals surface area contributed by atoms with Gasteiger partial charge in [0.25, 0.3) is 0 Å². The fraction of sp³-hybridized carbons (Fsp3) is 0.881. The second-order valence-corrected chi connectivity index (χ2v) is 19.6. The number of hydrogen-bond donors (Lipinski definition) is 0. The van der Waals surface area contributed by atoms with Gasteiger partial charge in [-0.2, -0.15) is 0 Å². The minimum Gasteiger partial charge on any atom is -0.462 e. The van der Waals surface area contributed by atoms with Crippen molar-refractivity contribution in [3.63, 3.8) is 0 Å². The standard InChI is InChI=1S/C59H110O6/c1-4-7-10-13-16-18-20-22-24-26-27-28-29-30-31-32-33-35-36-38-40-43-46-49-52-58(61)64-55-56(54-63-57(60)51-48-45-42-15-12-9-6-3)65-59(62)53-50-47-44-41-39-37-34-25-23-21-19-17-14-11-8-5-2/h19,21,25,34,56H,4-18,20,22-24,26-33,35-55H2,1-3H3/b21-19-,34-25-. The van der Waals surface area contributed by atoms with Gasteiger partial charge in [0.1, 0.15) is 13.2 Å². The lowest BCUT2D eigenvalue weighted by molar-refractivity contribution is -0.167. The Balaban J connectivity index is 4.11. The highest BCUT2D eigenvalue weighted by molar-refractivity contribution is 5.71. The van der Waals surface area contributed by atoms with Gasteiger partial charge in [-0.1, -0.05) is 270 Å². The van der Waals surface area contributed by atoms with E-state index in [-0.39, 0.29) is 31.1 Å². The summed E-state index contributed by atoms with van der Waals surface area (Å²) >= 11 is 0. The number of carbonyl (C=O) groups is 3. The highest BCUT2D eigenvalue weighted by Crippen LogP contribution is 2.17. The normalized spacial score (nSPS) is 12.1. The zero-order chi connectivity index (χ0) is 47.2. The van der Waals surface area contributed by atoms with Crippen molar-refractivity contribution in [3.05, 3.63) is 24.3 Å². The molecule has 6 nitrogen and oxygen atoms in total. The smallest absolute Gasteiger partial charge is 0.306 e. The summed E-state index contributed by atoms with van der Waals surface area (Å²) in [6.07, 6.45) is 63.4. The molecule has 0 saturated carbocycles. The van der Waals surface area contributed by atoms with E-state index in [4.69, 9.17) is 14.2 Å². The lowest BCUT2D eigenvalue weighted by Crippen LogP contribution is -2.30. The van der Waals surface area contributed by atoms with E-state index in [2.05, 4.69) is 45.1 Å². The Morgan fingerprint density at radius 3 is 0.862 bits per heavy atom. The van der Waals surface area contributed by atoms with Crippen LogP contribution in [0.2, 0.25) is 0 Å². The molecular weight excluding hydrogens is 805 g/mol. The Kier molecular flexibility index (Phi) is 52.7. The molecule has 0 heterocycles. The second-order valence-electron chi connectivity index (χ2n) is 19.6. The van der Waals surface area contributed by atoms with E-state index in [0.717, 1.165) is 77.0 Å². The van der Waals surface area contributed by atoms with E-state index in [1.165, 1.54) is 199 Å². The topological polar surface area (TPSA) is 78.9 Å². The van der Waals surface area contributed by atoms with Crippen molar-refractivity contribution in [1.29, 1.82) is 0 Å².